The molecule has 0 radical (unpaired) electrons. The highest BCUT2D eigenvalue weighted by molar-refractivity contribution is 8.00. The molecular weight excluding hydrogens is 557 g/mol. The number of anilines is 1. The Morgan fingerprint density at radius 3 is 2.55 bits per heavy atom. The molecule has 3 unspecified atom stereocenters. The highest BCUT2D eigenvalue weighted by Crippen LogP contribution is 2.55. The van der Waals surface area contributed by atoms with Crippen molar-refractivity contribution < 1.29 is 23.6 Å². The summed E-state index contributed by atoms with van der Waals surface area (Å²) in [6, 6.07) is 16.8. The Morgan fingerprint density at radius 2 is 1.82 bits per heavy atom. The minimum absolute atomic E-state index is 0.160. The minimum atomic E-state index is -0.982. The SMILES string of the molecule is Cc1cccc(COc2ccc([N+](=O)[O-])cc2C2c3sc(=O)[nH]c3SC3C(=O)N(c4ccc(F)cc4)C(=O)C32)c1. The van der Waals surface area contributed by atoms with Crippen LogP contribution in [0.1, 0.15) is 27.5 Å². The van der Waals surface area contributed by atoms with Gasteiger partial charge in [-0.3, -0.25) is 24.5 Å². The van der Waals surface area contributed by atoms with Crippen LogP contribution in [0.15, 0.2) is 76.6 Å². The van der Waals surface area contributed by atoms with Crippen molar-refractivity contribution in [1.82, 2.24) is 4.98 Å². The molecule has 4 aromatic rings. The van der Waals surface area contributed by atoms with Gasteiger partial charge in [0.1, 0.15) is 23.4 Å². The van der Waals surface area contributed by atoms with Gasteiger partial charge in [0.25, 0.3) is 5.69 Å². The fourth-order valence-electron chi connectivity index (χ4n) is 5.18. The molecule has 12 heteroatoms. The number of amides is 2. The molecule has 2 amide bonds. The number of non-ortho nitro benzene ring substituents is 1. The van der Waals surface area contributed by atoms with Gasteiger partial charge in [-0.15, -0.1) is 0 Å². The van der Waals surface area contributed by atoms with Crippen molar-refractivity contribution >= 4 is 46.3 Å². The summed E-state index contributed by atoms with van der Waals surface area (Å²) >= 11 is 1.98. The Bertz CT molecular complexity index is 1730. The molecule has 40 heavy (non-hydrogen) atoms. The normalized spacial score (nSPS) is 19.9. The van der Waals surface area contributed by atoms with E-state index in [0.29, 0.717) is 21.2 Å². The van der Waals surface area contributed by atoms with E-state index in [1.807, 2.05) is 31.2 Å². The molecule has 3 aromatic carbocycles. The third kappa shape index (κ3) is 4.48. The van der Waals surface area contributed by atoms with E-state index < -0.39 is 39.6 Å². The molecule has 0 saturated carbocycles. The Labute approximate surface area is 234 Å². The first-order valence-corrected chi connectivity index (χ1v) is 13.9. The number of aryl methyl sites for hydroxylation is 1. The number of thioether (sulfide) groups is 1. The molecule has 1 aromatic heterocycles. The number of nitrogens with one attached hydrogen (secondary N) is 1. The van der Waals surface area contributed by atoms with Crippen molar-refractivity contribution in [2.45, 2.75) is 29.7 Å². The zero-order valence-electron chi connectivity index (χ0n) is 20.8. The number of H-pyrrole nitrogens is 1. The second kappa shape index (κ2) is 10.0. The number of aromatic amines is 1. The largest absolute Gasteiger partial charge is 0.489 e. The van der Waals surface area contributed by atoms with Crippen LogP contribution in [-0.2, 0) is 16.2 Å². The van der Waals surface area contributed by atoms with Gasteiger partial charge in [0.05, 0.1) is 21.6 Å². The Hall–Kier alpha value is -4.29. The van der Waals surface area contributed by atoms with Gasteiger partial charge in [-0.25, -0.2) is 9.29 Å². The van der Waals surface area contributed by atoms with Gasteiger partial charge in [0, 0.05) is 28.5 Å². The Morgan fingerprint density at radius 1 is 1.05 bits per heavy atom. The fourth-order valence-corrected chi connectivity index (χ4v) is 7.69. The number of carbonyl (C=O) groups is 2. The van der Waals surface area contributed by atoms with Crippen LogP contribution in [0.2, 0.25) is 0 Å². The number of fused-ring (bicyclic) bond motifs is 2. The number of hydrogen-bond donors (Lipinski definition) is 1. The first-order valence-electron chi connectivity index (χ1n) is 12.2. The quantitative estimate of drug-likeness (QED) is 0.191. The topological polar surface area (TPSA) is 123 Å². The number of nitro groups is 1. The first kappa shape index (κ1) is 26.0. The molecule has 1 saturated heterocycles. The summed E-state index contributed by atoms with van der Waals surface area (Å²) in [4.78, 5) is 55.1. The molecule has 0 bridgehead atoms. The lowest BCUT2D eigenvalue weighted by atomic mass is 9.82. The van der Waals surface area contributed by atoms with Gasteiger partial charge in [0.2, 0.25) is 11.8 Å². The highest BCUT2D eigenvalue weighted by atomic mass is 32.2. The van der Waals surface area contributed by atoms with Crippen molar-refractivity contribution in [2.24, 2.45) is 5.92 Å². The molecule has 0 aliphatic carbocycles. The van der Waals surface area contributed by atoms with Gasteiger partial charge in [-0.05, 0) is 42.8 Å². The molecule has 2 aliphatic rings. The van der Waals surface area contributed by atoms with Crippen LogP contribution in [0.5, 0.6) is 5.75 Å². The van der Waals surface area contributed by atoms with Crippen LogP contribution in [0.4, 0.5) is 15.8 Å². The number of ether oxygens (including phenoxy) is 1. The Balaban J connectivity index is 1.48. The van der Waals surface area contributed by atoms with E-state index in [4.69, 9.17) is 4.74 Å². The van der Waals surface area contributed by atoms with E-state index in [1.54, 1.807) is 0 Å². The van der Waals surface area contributed by atoms with E-state index in [1.165, 1.54) is 30.3 Å². The van der Waals surface area contributed by atoms with E-state index in [0.717, 1.165) is 51.3 Å². The molecule has 202 valence electrons. The predicted octanol–water partition coefficient (Wildman–Crippen LogP) is 5.17. The molecule has 3 atom stereocenters. The minimum Gasteiger partial charge on any atom is -0.489 e. The standard InChI is InChI=1S/C28H20FN3O6S2/c1-14-3-2-4-15(11-14)13-38-20-10-9-18(32(36)37)12-19(20)21-22-24(39-25-23(21)40-28(35)30-25)27(34)31(26(22)33)17-7-5-16(29)6-8-17/h2-12,21-22,24H,13H2,1H3,(H,30,35). The molecule has 9 nitrogen and oxygen atoms in total. The fraction of sp³-hybridized carbons (Fsp3) is 0.179. The van der Waals surface area contributed by atoms with E-state index >= 15 is 0 Å². The molecule has 1 fully saturated rings. The lowest BCUT2D eigenvalue weighted by molar-refractivity contribution is -0.385. The highest BCUT2D eigenvalue weighted by Gasteiger charge is 2.57. The zero-order chi connectivity index (χ0) is 28.1. The number of nitro benzene ring substituents is 1. The van der Waals surface area contributed by atoms with Crippen molar-refractivity contribution in [3.05, 3.63) is 114 Å². The number of imide groups is 1. The molecule has 1 N–H and O–H groups in total. The summed E-state index contributed by atoms with van der Waals surface area (Å²) in [7, 11) is 0. The van der Waals surface area contributed by atoms with Crippen molar-refractivity contribution in [3.63, 3.8) is 0 Å². The zero-order valence-corrected chi connectivity index (χ0v) is 22.5. The number of rotatable bonds is 6. The summed E-state index contributed by atoms with van der Waals surface area (Å²) in [5.41, 5.74) is 2.25. The van der Waals surface area contributed by atoms with Crippen molar-refractivity contribution in [2.75, 3.05) is 4.90 Å². The second-order valence-electron chi connectivity index (χ2n) is 9.50. The number of benzene rings is 3. The number of halogens is 1. The third-order valence-corrected chi connectivity index (χ3v) is 9.33. The summed E-state index contributed by atoms with van der Waals surface area (Å²) in [6.45, 7) is 2.11. The van der Waals surface area contributed by atoms with Crippen LogP contribution < -0.4 is 14.5 Å². The van der Waals surface area contributed by atoms with Crippen molar-refractivity contribution in [1.29, 1.82) is 0 Å². The van der Waals surface area contributed by atoms with Gasteiger partial charge >= 0.3 is 4.87 Å². The van der Waals surface area contributed by atoms with E-state index in [9.17, 15) is 28.9 Å². The van der Waals surface area contributed by atoms with Gasteiger partial charge in [-0.2, -0.15) is 0 Å². The monoisotopic (exact) mass is 577 g/mol. The maximum atomic E-state index is 13.9. The summed E-state index contributed by atoms with van der Waals surface area (Å²) < 4.78 is 19.8. The third-order valence-electron chi connectivity index (χ3n) is 6.92. The van der Waals surface area contributed by atoms with Crippen molar-refractivity contribution in [3.8, 4) is 5.75 Å². The molecule has 0 spiro atoms. The van der Waals surface area contributed by atoms with Crippen LogP contribution in [0.3, 0.4) is 0 Å². The van der Waals surface area contributed by atoms with Crippen LogP contribution in [0, 0.1) is 28.8 Å². The van der Waals surface area contributed by atoms with Crippen LogP contribution >= 0.6 is 23.1 Å². The lowest BCUT2D eigenvalue weighted by Gasteiger charge is -2.30. The van der Waals surface area contributed by atoms with E-state index in [-0.39, 0.29) is 22.9 Å². The van der Waals surface area contributed by atoms with Gasteiger partial charge < -0.3 is 9.72 Å². The number of nitrogens with zero attached hydrogens (tertiary/aromatic N) is 2. The van der Waals surface area contributed by atoms with E-state index in [2.05, 4.69) is 4.98 Å². The summed E-state index contributed by atoms with van der Waals surface area (Å²) in [6.07, 6.45) is 0. The average molecular weight is 578 g/mol. The smallest absolute Gasteiger partial charge is 0.305 e. The molecular formula is C28H20FN3O6S2. The molecule has 6 rings (SSSR count). The lowest BCUT2D eigenvalue weighted by Crippen LogP contribution is -2.32. The maximum absolute atomic E-state index is 13.9. The Kier molecular flexibility index (Phi) is 6.51. The molecule has 3 heterocycles. The van der Waals surface area contributed by atoms with Crippen LogP contribution in [0.25, 0.3) is 0 Å². The number of thiazole rings is 1. The number of carbonyl (C=O) groups excluding carboxylic acids is 2. The van der Waals surface area contributed by atoms with Gasteiger partial charge in [0.15, 0.2) is 0 Å². The maximum Gasteiger partial charge on any atom is 0.305 e. The summed E-state index contributed by atoms with van der Waals surface area (Å²) in [5, 5.41) is 11.3. The predicted molar refractivity (Wildman–Crippen MR) is 147 cm³/mol. The summed E-state index contributed by atoms with van der Waals surface area (Å²) in [5.74, 6) is -3.12. The number of hydrogen-bond acceptors (Lipinski definition) is 8. The van der Waals surface area contributed by atoms with Gasteiger partial charge in [-0.1, -0.05) is 52.9 Å². The number of aromatic nitrogens is 1. The average Bonchev–Trinajstić information content (AvgIpc) is 3.42. The first-order chi connectivity index (χ1) is 19.2. The second-order valence-corrected chi connectivity index (χ2v) is 11.7. The van der Waals surface area contributed by atoms with Crippen LogP contribution in [-0.4, -0.2) is 27.0 Å². The molecule has 2 aliphatic heterocycles.